The molecule has 1 aromatic heterocycles. The lowest BCUT2D eigenvalue weighted by atomic mass is 9.45. The van der Waals surface area contributed by atoms with Crippen LogP contribution in [0.5, 0.6) is 0 Å². The van der Waals surface area contributed by atoms with Gasteiger partial charge in [-0.15, -0.1) is 0 Å². The number of rotatable bonds is 7. The van der Waals surface area contributed by atoms with Crippen molar-refractivity contribution < 1.29 is 33.4 Å². The first-order chi connectivity index (χ1) is 23.4. The summed E-state index contributed by atoms with van der Waals surface area (Å²) in [6.45, 7) is 6.38. The molecule has 4 fully saturated rings. The molecular weight excluding hydrogens is 647 g/mol. The number of fused-ring (bicyclic) bond motifs is 6. The Kier molecular flexibility index (Phi) is 8.57. The van der Waals surface area contributed by atoms with E-state index in [9.17, 15) is 28.7 Å². The van der Waals surface area contributed by atoms with Gasteiger partial charge in [-0.25, -0.2) is 9.07 Å². The summed E-state index contributed by atoms with van der Waals surface area (Å²) in [5.74, 6) is -1.15. The van der Waals surface area contributed by atoms with Crippen molar-refractivity contribution in [3.63, 3.8) is 0 Å². The number of ether oxygens (including phenoxy) is 1. The molecule has 10 nitrogen and oxygen atoms in total. The number of carbonyl (C=O) groups excluding carboxylic acids is 4. The Morgan fingerprint density at radius 1 is 1.18 bits per heavy atom. The second-order valence-electron chi connectivity index (χ2n) is 15.1. The molecule has 0 radical (unpaired) electrons. The fourth-order valence-corrected chi connectivity index (χ4v) is 11.3. The van der Waals surface area contributed by atoms with Crippen LogP contribution in [-0.4, -0.2) is 73.0 Å². The maximum atomic E-state index is 13.6. The molecule has 49 heavy (non-hydrogen) atoms. The monoisotopic (exact) mass is 692 g/mol. The van der Waals surface area contributed by atoms with Gasteiger partial charge in [0.1, 0.15) is 12.0 Å². The largest absolute Gasteiger partial charge is 0.449 e. The van der Waals surface area contributed by atoms with E-state index in [0.29, 0.717) is 49.6 Å². The van der Waals surface area contributed by atoms with E-state index in [1.807, 2.05) is 29.9 Å². The smallest absolute Gasteiger partial charge is 0.306 e. The molecule has 2 heterocycles. The van der Waals surface area contributed by atoms with Gasteiger partial charge in [0.2, 0.25) is 11.0 Å². The molecule has 5 aliphatic rings. The lowest BCUT2D eigenvalue weighted by Gasteiger charge is -2.60. The SMILES string of the molecule is CCC(=O)O[C@]1(C(=O)SCF)CC[C@H]2[C@@H]3CCC4=Cc5c(cnn5-c5cccc(C(=O)N6CCC[C@@H]6C(N)=O)c5)C[C@]4(C)[C@H]3[C@@H](O)C[C@@]21C. The Balaban J connectivity index is 1.18. The number of nitrogens with two attached hydrogens (primary N) is 1. The molecule has 3 N–H and O–H groups in total. The third-order valence-corrected chi connectivity index (χ3v) is 13.5. The minimum atomic E-state index is -1.46. The fourth-order valence-electron chi connectivity index (χ4n) is 10.6. The Morgan fingerprint density at radius 2 is 1.98 bits per heavy atom. The maximum Gasteiger partial charge on any atom is 0.306 e. The van der Waals surface area contributed by atoms with Gasteiger partial charge in [0.05, 0.1) is 23.7 Å². The summed E-state index contributed by atoms with van der Waals surface area (Å²) in [6, 6.07) is 5.80. The predicted octanol–water partition coefficient (Wildman–Crippen LogP) is 4.99. The second-order valence-corrected chi connectivity index (χ2v) is 16.0. The topological polar surface area (TPSA) is 145 Å². The first-order valence-corrected chi connectivity index (χ1v) is 18.5. The van der Waals surface area contributed by atoms with Crippen molar-refractivity contribution in [3.8, 4) is 5.69 Å². The number of nitrogens with zero attached hydrogens (tertiary/aromatic N) is 3. The molecule has 7 rings (SSSR count). The zero-order valence-electron chi connectivity index (χ0n) is 28.3. The van der Waals surface area contributed by atoms with Gasteiger partial charge in [-0.3, -0.25) is 19.2 Å². The zero-order chi connectivity index (χ0) is 34.9. The predicted molar refractivity (Wildman–Crippen MR) is 182 cm³/mol. The second kappa shape index (κ2) is 12.4. The Hall–Kier alpha value is -3.51. The van der Waals surface area contributed by atoms with Crippen LogP contribution in [0, 0.1) is 28.6 Å². The van der Waals surface area contributed by atoms with Gasteiger partial charge in [-0.2, -0.15) is 5.10 Å². The van der Waals surface area contributed by atoms with Crippen molar-refractivity contribution in [3.05, 3.63) is 52.9 Å². The maximum absolute atomic E-state index is 13.6. The summed E-state index contributed by atoms with van der Waals surface area (Å²) >= 11 is 0.562. The van der Waals surface area contributed by atoms with Crippen molar-refractivity contribution in [1.82, 2.24) is 14.7 Å². The Morgan fingerprint density at radius 3 is 2.71 bits per heavy atom. The number of carbonyl (C=O) groups is 4. The fraction of sp³-hybridized carbons (Fsp3) is 0.595. The number of esters is 1. The molecule has 0 bridgehead atoms. The highest BCUT2D eigenvalue weighted by atomic mass is 32.2. The summed E-state index contributed by atoms with van der Waals surface area (Å²) in [7, 11) is 0. The molecular formula is C37H45FN4O6S. The molecule has 1 saturated heterocycles. The highest BCUT2D eigenvalue weighted by molar-refractivity contribution is 8.13. The number of thioether (sulfide) groups is 1. The molecule has 8 atom stereocenters. The van der Waals surface area contributed by atoms with E-state index in [-0.39, 0.29) is 41.9 Å². The molecule has 0 spiro atoms. The van der Waals surface area contributed by atoms with Crippen LogP contribution in [0.3, 0.4) is 0 Å². The van der Waals surface area contributed by atoms with E-state index < -0.39 is 46.2 Å². The van der Waals surface area contributed by atoms with Crippen LogP contribution in [-0.2, 0) is 25.5 Å². The summed E-state index contributed by atoms with van der Waals surface area (Å²) in [5, 5.41) is 16.4. The number of hydrogen-bond acceptors (Lipinski definition) is 8. The van der Waals surface area contributed by atoms with Crippen molar-refractivity contribution >= 4 is 40.7 Å². The number of aromatic nitrogens is 2. The van der Waals surface area contributed by atoms with Crippen LogP contribution in [0.4, 0.5) is 4.39 Å². The Labute approximate surface area is 290 Å². The minimum absolute atomic E-state index is 0.0299. The average Bonchev–Trinajstić information content (AvgIpc) is 3.79. The molecule has 1 aliphatic heterocycles. The first-order valence-electron chi connectivity index (χ1n) is 17.5. The number of halogens is 1. The van der Waals surface area contributed by atoms with Crippen LogP contribution >= 0.6 is 11.8 Å². The van der Waals surface area contributed by atoms with Gasteiger partial charge >= 0.3 is 5.97 Å². The van der Waals surface area contributed by atoms with Gasteiger partial charge in [0.15, 0.2) is 5.60 Å². The average molecular weight is 693 g/mol. The van der Waals surface area contributed by atoms with E-state index in [2.05, 4.69) is 13.0 Å². The highest BCUT2D eigenvalue weighted by Crippen LogP contribution is 2.69. The van der Waals surface area contributed by atoms with E-state index in [1.54, 1.807) is 24.0 Å². The van der Waals surface area contributed by atoms with Gasteiger partial charge in [0.25, 0.3) is 5.91 Å². The summed E-state index contributed by atoms with van der Waals surface area (Å²) in [6.07, 6.45) is 8.32. The third kappa shape index (κ3) is 5.10. The highest BCUT2D eigenvalue weighted by Gasteiger charge is 2.70. The number of likely N-dealkylation sites (tertiary alicyclic amines) is 1. The van der Waals surface area contributed by atoms with E-state index in [0.717, 1.165) is 36.2 Å². The van der Waals surface area contributed by atoms with Gasteiger partial charge in [0, 0.05) is 23.9 Å². The zero-order valence-corrected chi connectivity index (χ0v) is 29.1. The van der Waals surface area contributed by atoms with Crippen molar-refractivity contribution in [2.24, 2.45) is 34.3 Å². The normalized spacial score (nSPS) is 34.7. The van der Waals surface area contributed by atoms with Crippen LogP contribution in [0.1, 0.15) is 93.8 Å². The molecule has 4 aliphatic carbocycles. The number of aliphatic hydroxyl groups excluding tert-OH is 1. The molecule has 1 aromatic carbocycles. The number of hydrogen-bond donors (Lipinski definition) is 2. The number of alkyl halides is 1. The number of allylic oxidation sites excluding steroid dienone is 1. The summed E-state index contributed by atoms with van der Waals surface area (Å²) in [5.41, 5.74) is 7.39. The van der Waals surface area contributed by atoms with Crippen LogP contribution < -0.4 is 5.73 Å². The van der Waals surface area contributed by atoms with Crippen molar-refractivity contribution in [1.29, 1.82) is 0 Å². The van der Waals surface area contributed by atoms with E-state index in [4.69, 9.17) is 15.6 Å². The molecule has 3 saturated carbocycles. The molecule has 2 amide bonds. The lowest BCUT2D eigenvalue weighted by molar-refractivity contribution is -0.196. The summed E-state index contributed by atoms with van der Waals surface area (Å²) < 4.78 is 21.4. The van der Waals surface area contributed by atoms with Crippen molar-refractivity contribution in [2.45, 2.75) is 96.3 Å². The van der Waals surface area contributed by atoms with Gasteiger partial charge in [-0.1, -0.05) is 32.4 Å². The quantitative estimate of drug-likeness (QED) is 0.386. The van der Waals surface area contributed by atoms with Crippen LogP contribution in [0.25, 0.3) is 11.8 Å². The lowest BCUT2D eigenvalue weighted by Crippen LogP contribution is -2.62. The van der Waals surface area contributed by atoms with E-state index >= 15 is 0 Å². The number of aliphatic hydroxyl groups is 1. The van der Waals surface area contributed by atoms with Gasteiger partial charge < -0.3 is 20.5 Å². The standard InChI is InChI=1S/C37H45FN4O6S/c1-4-30(44)48-37(34(47)49-20-38)13-12-26-25-11-10-23-16-28-22(17-35(23,2)31(25)29(43)18-36(26,37)3)19-40-42(28)24-8-5-7-21(15-24)33(46)41-14-6-9-27(41)32(39)45/h5,7-8,15-16,19,25-27,29,31,43H,4,6,9-14,17-18,20H2,1-3H3,(H2,39,45)/t25-,26-,27+,29-,31+,35-,36-,37-/m0/s1. The molecule has 262 valence electrons. The minimum Gasteiger partial charge on any atom is -0.449 e. The first kappa shape index (κ1) is 34.0. The number of benzene rings is 1. The molecule has 0 unspecified atom stereocenters. The number of amides is 2. The number of primary amides is 1. The van der Waals surface area contributed by atoms with Gasteiger partial charge in [-0.05, 0) is 116 Å². The van der Waals surface area contributed by atoms with E-state index in [1.165, 1.54) is 5.57 Å². The molecule has 2 aromatic rings. The summed E-state index contributed by atoms with van der Waals surface area (Å²) in [4.78, 5) is 53.2. The van der Waals surface area contributed by atoms with Crippen LogP contribution in [0.2, 0.25) is 0 Å². The third-order valence-electron chi connectivity index (χ3n) is 12.8. The van der Waals surface area contributed by atoms with Crippen molar-refractivity contribution in [2.75, 3.05) is 12.6 Å². The van der Waals surface area contributed by atoms with Crippen LogP contribution in [0.15, 0.2) is 36.0 Å². The Bertz CT molecular complexity index is 1740. The molecule has 12 heteroatoms.